The number of ether oxygens (including phenoxy) is 3. The molecule has 1 aliphatic heterocycles. The molecule has 0 bridgehead atoms. The van der Waals surface area contributed by atoms with Crippen molar-refractivity contribution in [3.05, 3.63) is 60.8 Å². The van der Waals surface area contributed by atoms with Crippen LogP contribution in [0.15, 0.2) is 60.8 Å². The van der Waals surface area contributed by atoms with Crippen LogP contribution in [-0.2, 0) is 23.8 Å². The van der Waals surface area contributed by atoms with Gasteiger partial charge in [0, 0.05) is 12.8 Å². The summed E-state index contributed by atoms with van der Waals surface area (Å²) in [5.41, 5.74) is 0. The molecule has 0 spiro atoms. The molecular weight excluding hydrogens is 871 g/mol. The van der Waals surface area contributed by atoms with E-state index in [1.165, 1.54) is 103 Å². The summed E-state index contributed by atoms with van der Waals surface area (Å²) < 4.78 is 16.6. The van der Waals surface area contributed by atoms with Gasteiger partial charge in [0.1, 0.15) is 24.4 Å². The number of carbonyl (C=O) groups is 2. The number of esters is 1. The van der Waals surface area contributed by atoms with E-state index < -0.39 is 49.5 Å². The van der Waals surface area contributed by atoms with Gasteiger partial charge in [0.2, 0.25) is 5.91 Å². The average Bonchev–Trinajstić information content (AvgIpc) is 3.34. The average molecular weight is 974 g/mol. The van der Waals surface area contributed by atoms with Crippen LogP contribution in [0.2, 0.25) is 0 Å². The first-order valence-electron chi connectivity index (χ1n) is 28.1. The van der Waals surface area contributed by atoms with E-state index in [1.54, 1.807) is 6.08 Å². The van der Waals surface area contributed by atoms with E-state index in [2.05, 4.69) is 67.8 Å². The molecule has 11 nitrogen and oxygen atoms in total. The minimum Gasteiger partial charge on any atom is -0.466 e. The zero-order valence-electron chi connectivity index (χ0n) is 43.8. The first-order valence-corrected chi connectivity index (χ1v) is 28.1. The predicted octanol–water partition coefficient (Wildman–Crippen LogP) is 12.3. The zero-order chi connectivity index (χ0) is 50.3. The lowest BCUT2D eigenvalue weighted by molar-refractivity contribution is -0.302. The van der Waals surface area contributed by atoms with Crippen LogP contribution in [-0.4, -0.2) is 100 Å². The number of carbonyl (C=O) groups excluding carboxylic acids is 2. The Balaban J connectivity index is 2.11. The normalized spacial score (nSPS) is 19.8. The number of nitrogens with one attached hydrogen (secondary N) is 1. The fraction of sp³-hybridized carbons (Fsp3) is 0.793. The van der Waals surface area contributed by atoms with Gasteiger partial charge < -0.3 is 45.1 Å². The molecule has 69 heavy (non-hydrogen) atoms. The second-order valence-corrected chi connectivity index (χ2v) is 19.3. The molecule has 0 aromatic carbocycles. The molecule has 7 atom stereocenters. The van der Waals surface area contributed by atoms with Crippen molar-refractivity contribution in [2.24, 2.45) is 0 Å². The molecule has 1 fully saturated rings. The summed E-state index contributed by atoms with van der Waals surface area (Å²) in [7, 11) is 0. The van der Waals surface area contributed by atoms with Crippen LogP contribution in [0.4, 0.5) is 0 Å². The van der Waals surface area contributed by atoms with Gasteiger partial charge in [-0.3, -0.25) is 9.59 Å². The number of aliphatic hydroxyl groups excluding tert-OH is 5. The lowest BCUT2D eigenvalue weighted by Crippen LogP contribution is -2.60. The SMILES string of the molecule is CC/C=C/CC/C=C/CC/C=C/C(O)C(COC1OC(CO)C(O)C(O)C1O)NC(=O)CCCCCCCCCCCC/C=C\C=C/CCCCCOC(=O)CCCCCCCCCCCCCC. The Kier molecular flexibility index (Phi) is 44.5. The maximum atomic E-state index is 13.0. The van der Waals surface area contributed by atoms with Crippen LogP contribution in [0.3, 0.4) is 0 Å². The van der Waals surface area contributed by atoms with Crippen LogP contribution in [0.5, 0.6) is 0 Å². The molecule has 1 amide bonds. The van der Waals surface area contributed by atoms with Crippen LogP contribution in [0.1, 0.15) is 232 Å². The molecule has 0 aromatic rings. The summed E-state index contributed by atoms with van der Waals surface area (Å²) in [5.74, 6) is -0.240. The number of rotatable bonds is 47. The van der Waals surface area contributed by atoms with E-state index >= 15 is 0 Å². The van der Waals surface area contributed by atoms with Crippen molar-refractivity contribution in [3.63, 3.8) is 0 Å². The van der Waals surface area contributed by atoms with Crippen LogP contribution < -0.4 is 5.32 Å². The molecule has 6 N–H and O–H groups in total. The van der Waals surface area contributed by atoms with Crippen molar-refractivity contribution in [1.82, 2.24) is 5.32 Å². The van der Waals surface area contributed by atoms with Crippen molar-refractivity contribution in [2.75, 3.05) is 19.8 Å². The van der Waals surface area contributed by atoms with Crippen LogP contribution in [0.25, 0.3) is 0 Å². The van der Waals surface area contributed by atoms with Crippen molar-refractivity contribution >= 4 is 11.9 Å². The minimum atomic E-state index is -1.58. The Labute approximate surface area is 420 Å². The predicted molar refractivity (Wildman–Crippen MR) is 283 cm³/mol. The third-order valence-corrected chi connectivity index (χ3v) is 12.9. The number of hydrogen-bond donors (Lipinski definition) is 6. The lowest BCUT2D eigenvalue weighted by atomic mass is 9.99. The van der Waals surface area contributed by atoms with Crippen molar-refractivity contribution in [1.29, 1.82) is 0 Å². The summed E-state index contributed by atoms with van der Waals surface area (Å²) in [6.45, 7) is 4.13. The molecule has 0 saturated carbocycles. The fourth-order valence-electron chi connectivity index (χ4n) is 8.40. The molecule has 0 aliphatic carbocycles. The van der Waals surface area contributed by atoms with E-state index in [0.29, 0.717) is 25.9 Å². The maximum absolute atomic E-state index is 13.0. The number of hydrogen-bond acceptors (Lipinski definition) is 10. The minimum absolute atomic E-state index is 0.0296. The van der Waals surface area contributed by atoms with Gasteiger partial charge in [-0.2, -0.15) is 0 Å². The van der Waals surface area contributed by atoms with Gasteiger partial charge in [-0.25, -0.2) is 0 Å². The monoisotopic (exact) mass is 974 g/mol. The van der Waals surface area contributed by atoms with Gasteiger partial charge in [-0.15, -0.1) is 0 Å². The number of allylic oxidation sites excluding steroid dienone is 9. The second-order valence-electron chi connectivity index (χ2n) is 19.3. The zero-order valence-corrected chi connectivity index (χ0v) is 43.8. The maximum Gasteiger partial charge on any atom is 0.305 e. The number of aliphatic hydroxyl groups is 5. The van der Waals surface area contributed by atoms with Crippen molar-refractivity contribution in [2.45, 2.75) is 275 Å². The molecule has 0 aromatic heterocycles. The summed E-state index contributed by atoms with van der Waals surface area (Å²) in [4.78, 5) is 25.0. The number of unbranched alkanes of at least 4 members (excludes halogenated alkanes) is 26. The highest BCUT2D eigenvalue weighted by atomic mass is 16.7. The topological polar surface area (TPSA) is 175 Å². The molecule has 0 radical (unpaired) electrons. The smallest absolute Gasteiger partial charge is 0.305 e. The largest absolute Gasteiger partial charge is 0.466 e. The Morgan fingerprint density at radius 3 is 1.57 bits per heavy atom. The highest BCUT2D eigenvalue weighted by Crippen LogP contribution is 2.23. The Morgan fingerprint density at radius 2 is 1.03 bits per heavy atom. The highest BCUT2D eigenvalue weighted by Gasteiger charge is 2.44. The summed E-state index contributed by atoms with van der Waals surface area (Å²) in [5, 5.41) is 54.1. The number of amides is 1. The van der Waals surface area contributed by atoms with E-state index in [0.717, 1.165) is 96.3 Å². The molecule has 1 aliphatic rings. The molecule has 400 valence electrons. The molecule has 11 heteroatoms. The van der Waals surface area contributed by atoms with Crippen LogP contribution >= 0.6 is 0 Å². The van der Waals surface area contributed by atoms with Gasteiger partial charge in [0.25, 0.3) is 0 Å². The Morgan fingerprint density at radius 1 is 0.551 bits per heavy atom. The van der Waals surface area contributed by atoms with E-state index in [1.807, 2.05) is 6.08 Å². The molecule has 1 heterocycles. The third-order valence-electron chi connectivity index (χ3n) is 12.9. The summed E-state index contributed by atoms with van der Waals surface area (Å²) in [6.07, 6.45) is 50.4. The molecule has 1 rings (SSSR count). The third kappa shape index (κ3) is 37.8. The molecule has 1 saturated heterocycles. The molecular formula is C58H103NO10. The lowest BCUT2D eigenvalue weighted by Gasteiger charge is -2.40. The van der Waals surface area contributed by atoms with E-state index in [4.69, 9.17) is 14.2 Å². The van der Waals surface area contributed by atoms with Crippen LogP contribution in [0, 0.1) is 0 Å². The van der Waals surface area contributed by atoms with E-state index in [9.17, 15) is 35.1 Å². The quantitative estimate of drug-likeness (QED) is 0.0149. The highest BCUT2D eigenvalue weighted by molar-refractivity contribution is 5.76. The second kappa shape index (κ2) is 47.7. The van der Waals surface area contributed by atoms with Gasteiger partial charge >= 0.3 is 5.97 Å². The van der Waals surface area contributed by atoms with Crippen molar-refractivity contribution in [3.8, 4) is 0 Å². The van der Waals surface area contributed by atoms with Gasteiger partial charge in [-0.05, 0) is 83.5 Å². The summed E-state index contributed by atoms with van der Waals surface area (Å²) >= 11 is 0. The first-order chi connectivity index (χ1) is 33.7. The standard InChI is InChI=1S/C58H103NO10/c1-3-5-7-9-11-13-15-26-30-34-38-42-46-54(63)67-47-43-39-35-31-27-24-22-20-18-16-17-19-21-23-25-29-33-37-41-45-53(62)59-50(49-68-58-57(66)56(65)55(64)52(48-60)69-58)51(61)44-40-36-32-28-14-12-10-8-6-4-2/h6,8,14,20,22,24,27-28,40,44,50-52,55-58,60-61,64-66H,3-5,7,9-13,15-19,21,23,25-26,29-39,41-43,45-49H2,1-2H3,(H,59,62)/b8-6+,22-20-,27-24-,28-14+,44-40+. The fourth-order valence-corrected chi connectivity index (χ4v) is 8.40. The van der Waals surface area contributed by atoms with E-state index in [-0.39, 0.29) is 18.5 Å². The van der Waals surface area contributed by atoms with Gasteiger partial charge in [0.15, 0.2) is 6.29 Å². The van der Waals surface area contributed by atoms with Crippen molar-refractivity contribution < 1.29 is 49.3 Å². The Bertz CT molecular complexity index is 1330. The Hall–Kier alpha value is -2.64. The van der Waals surface area contributed by atoms with Gasteiger partial charge in [-0.1, -0.05) is 197 Å². The summed E-state index contributed by atoms with van der Waals surface area (Å²) in [6, 6.07) is -0.842. The molecule has 7 unspecified atom stereocenters. The van der Waals surface area contributed by atoms with Gasteiger partial charge in [0.05, 0.1) is 32.0 Å². The first kappa shape index (κ1) is 64.4.